The number of nitrogens with one attached hydrogen (secondary N) is 1. The van der Waals surface area contributed by atoms with Crippen LogP contribution in [-0.2, 0) is 6.61 Å². The fraction of sp³-hybridized carbons (Fsp3) is 0.150. The zero-order valence-electron chi connectivity index (χ0n) is 15.2. The minimum absolute atomic E-state index is 0.0750. The number of ether oxygens (including phenoxy) is 2. The second-order valence-electron chi connectivity index (χ2n) is 5.67. The minimum atomic E-state index is -0.532. The number of nitriles is 1. The van der Waals surface area contributed by atoms with E-state index in [1.165, 1.54) is 31.0 Å². The van der Waals surface area contributed by atoms with Gasteiger partial charge in [0.05, 0.1) is 7.11 Å². The van der Waals surface area contributed by atoms with Gasteiger partial charge in [0.1, 0.15) is 29.8 Å². The van der Waals surface area contributed by atoms with E-state index < -0.39 is 5.56 Å². The van der Waals surface area contributed by atoms with Gasteiger partial charge < -0.3 is 14.5 Å². The van der Waals surface area contributed by atoms with Crippen molar-refractivity contribution in [3.05, 3.63) is 69.8 Å². The van der Waals surface area contributed by atoms with Crippen molar-refractivity contribution in [3.63, 3.8) is 0 Å². The zero-order valence-corrected chi connectivity index (χ0v) is 16.0. The molecule has 142 valence electrons. The van der Waals surface area contributed by atoms with Gasteiger partial charge in [0.25, 0.3) is 5.56 Å². The molecule has 6 nitrogen and oxygen atoms in total. The van der Waals surface area contributed by atoms with Crippen LogP contribution in [0.2, 0.25) is 0 Å². The second kappa shape index (κ2) is 8.59. The van der Waals surface area contributed by atoms with Crippen LogP contribution in [0.5, 0.6) is 11.5 Å². The van der Waals surface area contributed by atoms with Crippen molar-refractivity contribution >= 4 is 11.8 Å². The molecule has 0 unspecified atom stereocenters. The third-order valence-electron chi connectivity index (χ3n) is 3.93. The smallest absolute Gasteiger partial charge is 0.270 e. The highest BCUT2D eigenvalue weighted by atomic mass is 32.2. The number of H-pyrrole nitrogens is 1. The number of halogens is 1. The third-order valence-corrected chi connectivity index (χ3v) is 4.51. The number of aromatic nitrogens is 2. The van der Waals surface area contributed by atoms with Crippen LogP contribution < -0.4 is 15.0 Å². The molecule has 28 heavy (non-hydrogen) atoms. The van der Waals surface area contributed by atoms with Crippen molar-refractivity contribution in [2.45, 2.75) is 11.8 Å². The van der Waals surface area contributed by atoms with E-state index in [9.17, 15) is 14.4 Å². The molecule has 0 amide bonds. The van der Waals surface area contributed by atoms with Gasteiger partial charge in [0, 0.05) is 5.56 Å². The minimum Gasteiger partial charge on any atom is -0.493 e. The first-order valence-corrected chi connectivity index (χ1v) is 9.43. The Bertz CT molecular complexity index is 1110. The molecule has 0 bridgehead atoms. The van der Waals surface area contributed by atoms with Crippen molar-refractivity contribution in [1.29, 1.82) is 5.26 Å². The monoisotopic (exact) mass is 397 g/mol. The number of hydrogen-bond donors (Lipinski definition) is 1. The Kier molecular flexibility index (Phi) is 5.96. The van der Waals surface area contributed by atoms with Gasteiger partial charge in [-0.15, -0.1) is 0 Å². The summed E-state index contributed by atoms with van der Waals surface area (Å²) in [6, 6.07) is 13.0. The van der Waals surface area contributed by atoms with E-state index in [1.807, 2.05) is 6.07 Å². The van der Waals surface area contributed by atoms with Gasteiger partial charge in [-0.1, -0.05) is 30.0 Å². The number of para-hydroxylation sites is 1. The highest BCUT2D eigenvalue weighted by Crippen LogP contribution is 2.38. The number of benzene rings is 2. The number of methoxy groups -OCH3 is 1. The molecule has 0 aliphatic carbocycles. The fourth-order valence-corrected chi connectivity index (χ4v) is 3.02. The van der Waals surface area contributed by atoms with Gasteiger partial charge in [-0.2, -0.15) is 5.26 Å². The molecule has 1 aromatic heterocycles. The molecule has 0 saturated heterocycles. The van der Waals surface area contributed by atoms with Crippen LogP contribution in [0.4, 0.5) is 4.39 Å². The average Bonchev–Trinajstić information content (AvgIpc) is 2.71. The number of aromatic amines is 1. The Morgan fingerprint density at radius 3 is 2.75 bits per heavy atom. The predicted octanol–water partition coefficient (Wildman–Crippen LogP) is 3.76. The lowest BCUT2D eigenvalue weighted by molar-refractivity contribution is 0.285. The summed E-state index contributed by atoms with van der Waals surface area (Å²) >= 11 is 1.25. The normalized spacial score (nSPS) is 10.4. The van der Waals surface area contributed by atoms with E-state index in [0.717, 1.165) is 0 Å². The molecular formula is C20H16FN3O3S. The van der Waals surface area contributed by atoms with Gasteiger partial charge in [-0.25, -0.2) is 9.37 Å². The highest BCUT2D eigenvalue weighted by molar-refractivity contribution is 7.98. The molecule has 0 aliphatic rings. The SMILES string of the molecule is COc1cccc(-c2nc(SC)[nH]c(=O)c2C#N)c1OCc1cccc(F)c1. The van der Waals surface area contributed by atoms with Crippen molar-refractivity contribution in [3.8, 4) is 28.8 Å². The van der Waals surface area contributed by atoms with E-state index in [0.29, 0.717) is 27.8 Å². The van der Waals surface area contributed by atoms with Crippen molar-refractivity contribution in [1.82, 2.24) is 9.97 Å². The molecule has 2 aromatic carbocycles. The zero-order chi connectivity index (χ0) is 20.1. The van der Waals surface area contributed by atoms with Crippen LogP contribution in [-0.4, -0.2) is 23.3 Å². The molecule has 1 heterocycles. The lowest BCUT2D eigenvalue weighted by Gasteiger charge is -2.16. The number of thioether (sulfide) groups is 1. The number of hydrogen-bond acceptors (Lipinski definition) is 6. The van der Waals surface area contributed by atoms with Crippen LogP contribution in [0.15, 0.2) is 52.4 Å². The van der Waals surface area contributed by atoms with Gasteiger partial charge in [0.2, 0.25) is 0 Å². The molecule has 3 rings (SSSR count). The Balaban J connectivity index is 2.11. The molecule has 3 aromatic rings. The maximum atomic E-state index is 13.4. The topological polar surface area (TPSA) is 88.0 Å². The summed E-state index contributed by atoms with van der Waals surface area (Å²) in [4.78, 5) is 19.2. The Morgan fingerprint density at radius 2 is 2.07 bits per heavy atom. The maximum Gasteiger partial charge on any atom is 0.270 e. The largest absolute Gasteiger partial charge is 0.493 e. The third kappa shape index (κ3) is 4.00. The van der Waals surface area contributed by atoms with Gasteiger partial charge in [-0.05, 0) is 36.1 Å². The molecule has 1 N–H and O–H groups in total. The van der Waals surface area contributed by atoms with Crippen molar-refractivity contribution in [2.24, 2.45) is 0 Å². The molecule has 8 heteroatoms. The van der Waals surface area contributed by atoms with E-state index >= 15 is 0 Å². The molecule has 0 spiro atoms. The lowest BCUT2D eigenvalue weighted by atomic mass is 10.1. The fourth-order valence-electron chi connectivity index (χ4n) is 2.64. The summed E-state index contributed by atoms with van der Waals surface area (Å²) < 4.78 is 24.7. The quantitative estimate of drug-likeness (QED) is 0.503. The Morgan fingerprint density at radius 1 is 1.29 bits per heavy atom. The van der Waals surface area contributed by atoms with Crippen LogP contribution in [0.3, 0.4) is 0 Å². The van der Waals surface area contributed by atoms with E-state index in [2.05, 4.69) is 9.97 Å². The molecule has 0 aliphatic heterocycles. The first kappa shape index (κ1) is 19.5. The predicted molar refractivity (Wildman–Crippen MR) is 104 cm³/mol. The lowest BCUT2D eigenvalue weighted by Crippen LogP contribution is -2.15. The maximum absolute atomic E-state index is 13.4. The summed E-state index contributed by atoms with van der Waals surface area (Å²) in [5.41, 5.74) is 0.607. The van der Waals surface area contributed by atoms with Gasteiger partial charge >= 0.3 is 0 Å². The summed E-state index contributed by atoms with van der Waals surface area (Å²) in [5.74, 6) is 0.357. The molecule has 0 atom stereocenters. The van der Waals surface area contributed by atoms with Crippen LogP contribution >= 0.6 is 11.8 Å². The van der Waals surface area contributed by atoms with Gasteiger partial charge in [-0.3, -0.25) is 4.79 Å². The van der Waals surface area contributed by atoms with E-state index in [1.54, 1.807) is 36.6 Å². The van der Waals surface area contributed by atoms with E-state index in [-0.39, 0.29) is 23.7 Å². The summed E-state index contributed by atoms with van der Waals surface area (Å²) in [7, 11) is 1.48. The Labute approximate surface area is 165 Å². The first-order chi connectivity index (χ1) is 13.6. The number of rotatable bonds is 6. The summed E-state index contributed by atoms with van der Waals surface area (Å²) in [5, 5.41) is 9.82. The highest BCUT2D eigenvalue weighted by Gasteiger charge is 2.20. The van der Waals surface area contributed by atoms with Crippen LogP contribution in [0.25, 0.3) is 11.3 Å². The molecule has 0 radical (unpaired) electrons. The Hall–Kier alpha value is -3.31. The standard InChI is InChI=1S/C20H16FN3O3S/c1-26-16-8-4-7-14(17-15(10-22)19(25)24-20(23-17)28-2)18(16)27-11-12-5-3-6-13(21)9-12/h3-9H,11H2,1-2H3,(H,23,24,25). The molecule has 0 fully saturated rings. The van der Waals surface area contributed by atoms with Crippen LogP contribution in [0.1, 0.15) is 11.1 Å². The average molecular weight is 397 g/mol. The van der Waals surface area contributed by atoms with Crippen molar-refractivity contribution in [2.75, 3.05) is 13.4 Å². The summed E-state index contributed by atoms with van der Waals surface area (Å²) in [6.45, 7) is 0.0750. The summed E-state index contributed by atoms with van der Waals surface area (Å²) in [6.07, 6.45) is 1.76. The van der Waals surface area contributed by atoms with Crippen molar-refractivity contribution < 1.29 is 13.9 Å². The second-order valence-corrected chi connectivity index (χ2v) is 6.46. The molecule has 0 saturated carbocycles. The van der Waals surface area contributed by atoms with Gasteiger partial charge in [0.15, 0.2) is 16.7 Å². The molecular weight excluding hydrogens is 381 g/mol. The van der Waals surface area contributed by atoms with E-state index in [4.69, 9.17) is 9.47 Å². The van der Waals surface area contributed by atoms with Crippen LogP contribution in [0, 0.1) is 17.1 Å². The number of nitrogens with zero attached hydrogens (tertiary/aromatic N) is 2. The first-order valence-electron chi connectivity index (χ1n) is 8.20.